The van der Waals surface area contributed by atoms with Crippen LogP contribution in [0.15, 0.2) is 88.1 Å². The third-order valence-electron chi connectivity index (χ3n) is 5.55. The van der Waals surface area contributed by atoms with Crippen LogP contribution in [0.1, 0.15) is 27.6 Å². The van der Waals surface area contributed by atoms with Gasteiger partial charge in [-0.1, -0.05) is 54.6 Å². The fourth-order valence-corrected chi connectivity index (χ4v) is 3.85. The molecule has 1 unspecified atom stereocenters. The van der Waals surface area contributed by atoms with Crippen LogP contribution in [0.2, 0.25) is 0 Å². The first-order valence-corrected chi connectivity index (χ1v) is 10.3. The molecule has 1 aliphatic rings. The van der Waals surface area contributed by atoms with Gasteiger partial charge >= 0.3 is 5.97 Å². The molecule has 0 N–H and O–H groups in total. The number of benzene rings is 3. The third kappa shape index (κ3) is 3.30. The topological polar surface area (TPSA) is 93.9 Å². The SMILES string of the molecule is CC(C(=O)Oc1c(-c2ccccc2)oc2ccccc2c1=O)N1C(=O)c2ccccc2C1=O. The van der Waals surface area contributed by atoms with Crippen molar-refractivity contribution in [1.82, 2.24) is 4.90 Å². The Kier molecular flexibility index (Phi) is 4.86. The van der Waals surface area contributed by atoms with Crippen molar-refractivity contribution in [1.29, 1.82) is 0 Å². The number of imide groups is 1. The first-order chi connectivity index (χ1) is 16.0. The maximum atomic E-state index is 13.2. The molecule has 1 atom stereocenters. The minimum absolute atomic E-state index is 0.0854. The van der Waals surface area contributed by atoms with Crippen LogP contribution in [0.4, 0.5) is 0 Å². The molecule has 1 aliphatic heterocycles. The molecule has 1 aromatic heterocycles. The summed E-state index contributed by atoms with van der Waals surface area (Å²) in [4.78, 5) is 52.6. The summed E-state index contributed by atoms with van der Waals surface area (Å²) in [6.07, 6.45) is 0. The lowest BCUT2D eigenvalue weighted by atomic mass is 10.1. The molecule has 7 heteroatoms. The van der Waals surface area contributed by atoms with Crippen molar-refractivity contribution in [2.45, 2.75) is 13.0 Å². The molecule has 3 aromatic carbocycles. The molecule has 0 aliphatic carbocycles. The predicted octanol–water partition coefficient (Wildman–Crippen LogP) is 4.05. The molecule has 2 amide bonds. The van der Waals surface area contributed by atoms with Crippen molar-refractivity contribution in [3.63, 3.8) is 0 Å². The lowest BCUT2D eigenvalue weighted by Gasteiger charge is -2.21. The minimum atomic E-state index is -1.26. The van der Waals surface area contributed by atoms with E-state index in [-0.39, 0.29) is 28.0 Å². The number of esters is 1. The maximum absolute atomic E-state index is 13.2. The van der Waals surface area contributed by atoms with Crippen LogP contribution in [-0.4, -0.2) is 28.7 Å². The number of ether oxygens (including phenoxy) is 1. The number of carbonyl (C=O) groups excluding carboxylic acids is 3. The van der Waals surface area contributed by atoms with Gasteiger partial charge in [-0.2, -0.15) is 0 Å². The summed E-state index contributed by atoms with van der Waals surface area (Å²) in [5, 5.41) is 0.244. The molecular formula is C26H17NO6. The number of nitrogens with zero attached hydrogens (tertiary/aromatic N) is 1. The monoisotopic (exact) mass is 439 g/mol. The van der Waals surface area contributed by atoms with Gasteiger partial charge in [-0.3, -0.25) is 19.3 Å². The molecule has 4 aromatic rings. The molecule has 5 rings (SSSR count). The third-order valence-corrected chi connectivity index (χ3v) is 5.55. The van der Waals surface area contributed by atoms with Gasteiger partial charge in [0, 0.05) is 5.56 Å². The van der Waals surface area contributed by atoms with Gasteiger partial charge in [0.05, 0.1) is 16.5 Å². The highest BCUT2D eigenvalue weighted by Crippen LogP contribution is 2.32. The Bertz CT molecular complexity index is 1450. The van der Waals surface area contributed by atoms with E-state index >= 15 is 0 Å². The van der Waals surface area contributed by atoms with E-state index in [2.05, 4.69) is 0 Å². The molecular weight excluding hydrogens is 422 g/mol. The second-order valence-corrected chi connectivity index (χ2v) is 7.57. The average Bonchev–Trinajstić information content (AvgIpc) is 3.10. The van der Waals surface area contributed by atoms with E-state index < -0.39 is 29.3 Å². The summed E-state index contributed by atoms with van der Waals surface area (Å²) in [7, 11) is 0. The molecule has 0 saturated heterocycles. The number of rotatable bonds is 4. The van der Waals surface area contributed by atoms with Crippen molar-refractivity contribution in [2.75, 3.05) is 0 Å². The molecule has 0 radical (unpaired) electrons. The fourth-order valence-electron chi connectivity index (χ4n) is 3.85. The number of amides is 2. The molecule has 0 bridgehead atoms. The van der Waals surface area contributed by atoms with Crippen molar-refractivity contribution < 1.29 is 23.5 Å². The molecule has 162 valence electrons. The van der Waals surface area contributed by atoms with E-state index in [9.17, 15) is 19.2 Å². The summed E-state index contributed by atoms with van der Waals surface area (Å²) in [6, 6.07) is 20.5. The number of hydrogen-bond acceptors (Lipinski definition) is 6. The van der Waals surface area contributed by atoms with Crippen molar-refractivity contribution >= 4 is 28.8 Å². The van der Waals surface area contributed by atoms with Crippen LogP contribution < -0.4 is 10.2 Å². The summed E-state index contributed by atoms with van der Waals surface area (Å²) in [5.74, 6) is -2.32. The van der Waals surface area contributed by atoms with Gasteiger partial charge in [-0.05, 0) is 31.2 Å². The Morgan fingerprint density at radius 1 is 0.818 bits per heavy atom. The second kappa shape index (κ2) is 7.87. The summed E-state index contributed by atoms with van der Waals surface area (Å²) < 4.78 is 11.5. The molecule has 2 heterocycles. The van der Waals surface area contributed by atoms with Crippen LogP contribution >= 0.6 is 0 Å². The number of fused-ring (bicyclic) bond motifs is 2. The lowest BCUT2D eigenvalue weighted by molar-refractivity contribution is -0.138. The largest absolute Gasteiger partial charge is 0.452 e. The quantitative estimate of drug-likeness (QED) is 0.352. The van der Waals surface area contributed by atoms with Crippen LogP contribution in [0, 0.1) is 0 Å². The number of para-hydroxylation sites is 1. The predicted molar refractivity (Wildman–Crippen MR) is 120 cm³/mol. The highest BCUT2D eigenvalue weighted by atomic mass is 16.5. The van der Waals surface area contributed by atoms with Gasteiger partial charge in [0.25, 0.3) is 11.8 Å². The van der Waals surface area contributed by atoms with Gasteiger partial charge in [0.15, 0.2) is 5.76 Å². The Labute approximate surface area is 187 Å². The van der Waals surface area contributed by atoms with E-state index in [0.717, 1.165) is 4.90 Å². The van der Waals surface area contributed by atoms with Gasteiger partial charge in [-0.25, -0.2) is 4.79 Å². The normalized spacial score (nSPS) is 13.8. The molecule has 0 spiro atoms. The lowest BCUT2D eigenvalue weighted by Crippen LogP contribution is -2.45. The van der Waals surface area contributed by atoms with E-state index in [4.69, 9.17) is 9.15 Å². The van der Waals surface area contributed by atoms with Gasteiger partial charge in [-0.15, -0.1) is 0 Å². The summed E-state index contributed by atoms with van der Waals surface area (Å²) in [5.41, 5.74) is 0.791. The van der Waals surface area contributed by atoms with Crippen LogP contribution in [0.5, 0.6) is 5.75 Å². The first-order valence-electron chi connectivity index (χ1n) is 10.3. The van der Waals surface area contributed by atoms with Crippen molar-refractivity contribution in [3.05, 3.63) is 100 Å². The Hall–Kier alpha value is -4.52. The van der Waals surface area contributed by atoms with Gasteiger partial charge < -0.3 is 9.15 Å². The van der Waals surface area contributed by atoms with E-state index in [0.29, 0.717) is 11.1 Å². The number of carbonyl (C=O) groups is 3. The van der Waals surface area contributed by atoms with E-state index in [1.165, 1.54) is 19.1 Å². The zero-order valence-corrected chi connectivity index (χ0v) is 17.5. The van der Waals surface area contributed by atoms with Crippen LogP contribution in [0.25, 0.3) is 22.3 Å². The fraction of sp³-hybridized carbons (Fsp3) is 0.0769. The van der Waals surface area contributed by atoms with Crippen molar-refractivity contribution in [2.24, 2.45) is 0 Å². The molecule has 0 fully saturated rings. The Balaban J connectivity index is 1.55. The second-order valence-electron chi connectivity index (χ2n) is 7.57. The van der Waals surface area contributed by atoms with Gasteiger partial charge in [0.2, 0.25) is 11.2 Å². The highest BCUT2D eigenvalue weighted by molar-refractivity contribution is 6.22. The maximum Gasteiger partial charge on any atom is 0.334 e. The van der Waals surface area contributed by atoms with E-state index in [1.54, 1.807) is 66.7 Å². The smallest absolute Gasteiger partial charge is 0.334 e. The van der Waals surface area contributed by atoms with Crippen LogP contribution in [0.3, 0.4) is 0 Å². The summed E-state index contributed by atoms with van der Waals surface area (Å²) in [6.45, 7) is 1.38. The first kappa shape index (κ1) is 20.4. The minimum Gasteiger partial charge on any atom is -0.452 e. The summed E-state index contributed by atoms with van der Waals surface area (Å²) >= 11 is 0. The zero-order chi connectivity index (χ0) is 23.1. The standard InChI is InChI=1S/C26H17NO6/c1-15(27-24(29)17-11-5-6-12-18(17)25(27)30)26(31)33-23-21(28)19-13-7-8-14-20(19)32-22(23)16-9-3-2-4-10-16/h2-15H,1H3. The molecule has 33 heavy (non-hydrogen) atoms. The Morgan fingerprint density at radius 3 is 2.06 bits per heavy atom. The molecule has 0 saturated carbocycles. The van der Waals surface area contributed by atoms with E-state index in [1.807, 2.05) is 0 Å². The number of hydrogen-bond donors (Lipinski definition) is 0. The van der Waals surface area contributed by atoms with Crippen LogP contribution in [-0.2, 0) is 4.79 Å². The molecule has 7 nitrogen and oxygen atoms in total. The Morgan fingerprint density at radius 2 is 1.39 bits per heavy atom. The average molecular weight is 439 g/mol. The van der Waals surface area contributed by atoms with Gasteiger partial charge in [0.1, 0.15) is 11.6 Å². The highest BCUT2D eigenvalue weighted by Gasteiger charge is 2.41. The zero-order valence-electron chi connectivity index (χ0n) is 17.5. The van der Waals surface area contributed by atoms with Crippen molar-refractivity contribution in [3.8, 4) is 17.1 Å².